The van der Waals surface area contributed by atoms with Crippen molar-refractivity contribution < 1.29 is 8.83 Å². The third kappa shape index (κ3) is 2.59. The topological polar surface area (TPSA) is 26.3 Å². The molecule has 0 amide bonds. The Morgan fingerprint density at radius 1 is 0.609 bits per heavy atom. The predicted octanol–water partition coefficient (Wildman–Crippen LogP) is 5.56. The molecule has 0 aliphatic rings. The van der Waals surface area contributed by atoms with Crippen LogP contribution in [0.5, 0.6) is 0 Å². The Kier molecular flexibility index (Phi) is 3.57. The lowest BCUT2D eigenvalue weighted by Crippen LogP contribution is -2.04. The SMILES string of the molecule is c1ccc(-c2ccccc2[C](c2ccoc2)c2ccoc2)cc1. The summed E-state index contributed by atoms with van der Waals surface area (Å²) >= 11 is 0. The highest BCUT2D eigenvalue weighted by molar-refractivity contribution is 5.74. The summed E-state index contributed by atoms with van der Waals surface area (Å²) in [6.07, 6.45) is 6.93. The molecule has 0 aliphatic heterocycles. The third-order valence-corrected chi connectivity index (χ3v) is 3.90. The normalized spacial score (nSPS) is 11.0. The van der Waals surface area contributed by atoms with E-state index in [1.807, 2.05) is 18.2 Å². The molecule has 2 heterocycles. The Morgan fingerprint density at radius 2 is 1.22 bits per heavy atom. The fourth-order valence-corrected chi connectivity index (χ4v) is 2.86. The summed E-state index contributed by atoms with van der Waals surface area (Å²) in [5, 5.41) is 0. The summed E-state index contributed by atoms with van der Waals surface area (Å²) in [5.74, 6) is 1.10. The first-order valence-electron chi connectivity index (χ1n) is 7.50. The molecule has 4 aromatic rings. The summed E-state index contributed by atoms with van der Waals surface area (Å²) in [4.78, 5) is 0. The van der Waals surface area contributed by atoms with E-state index in [-0.39, 0.29) is 0 Å². The van der Waals surface area contributed by atoms with Gasteiger partial charge in [-0.3, -0.25) is 0 Å². The molecule has 1 radical (unpaired) electrons. The van der Waals surface area contributed by atoms with Gasteiger partial charge >= 0.3 is 0 Å². The molecular weight excluding hydrogens is 284 g/mol. The highest BCUT2D eigenvalue weighted by Crippen LogP contribution is 2.37. The minimum Gasteiger partial charge on any atom is -0.472 e. The zero-order valence-electron chi connectivity index (χ0n) is 12.5. The fourth-order valence-electron chi connectivity index (χ4n) is 2.86. The van der Waals surface area contributed by atoms with Crippen molar-refractivity contribution in [2.75, 3.05) is 0 Å². The number of benzene rings is 2. The standard InChI is InChI=1S/C21H15O2/c1-2-6-16(7-3-1)19-8-4-5-9-20(19)21(17-10-12-22-14-17)18-11-13-23-15-18/h1-15H. The van der Waals surface area contributed by atoms with E-state index in [0.717, 1.165) is 22.6 Å². The van der Waals surface area contributed by atoms with Gasteiger partial charge in [0.25, 0.3) is 0 Å². The Bertz CT molecular complexity index is 825. The van der Waals surface area contributed by atoms with Gasteiger partial charge in [0, 0.05) is 11.1 Å². The van der Waals surface area contributed by atoms with Gasteiger partial charge in [-0.2, -0.15) is 0 Å². The number of hydrogen-bond donors (Lipinski definition) is 0. The van der Waals surface area contributed by atoms with Gasteiger partial charge in [0.15, 0.2) is 0 Å². The van der Waals surface area contributed by atoms with E-state index in [0.29, 0.717) is 0 Å². The minimum atomic E-state index is 1.04. The second-order valence-electron chi connectivity index (χ2n) is 5.31. The summed E-state index contributed by atoms with van der Waals surface area (Å²) in [6, 6.07) is 22.8. The van der Waals surface area contributed by atoms with Crippen molar-refractivity contribution in [3.05, 3.63) is 114 Å². The molecule has 0 aliphatic carbocycles. The highest BCUT2D eigenvalue weighted by Gasteiger charge is 2.23. The molecule has 2 heteroatoms. The van der Waals surface area contributed by atoms with Crippen molar-refractivity contribution in [1.29, 1.82) is 0 Å². The van der Waals surface area contributed by atoms with Crippen LogP contribution in [0.1, 0.15) is 16.7 Å². The van der Waals surface area contributed by atoms with E-state index in [2.05, 4.69) is 48.5 Å². The maximum Gasteiger partial charge on any atom is 0.0947 e. The van der Waals surface area contributed by atoms with Crippen LogP contribution in [0, 0.1) is 5.92 Å². The van der Waals surface area contributed by atoms with Crippen molar-refractivity contribution >= 4 is 0 Å². The molecule has 0 spiro atoms. The first-order chi connectivity index (χ1) is 11.4. The van der Waals surface area contributed by atoms with E-state index in [1.54, 1.807) is 25.1 Å². The Balaban J connectivity index is 1.91. The van der Waals surface area contributed by atoms with Crippen LogP contribution in [0.15, 0.2) is 101 Å². The van der Waals surface area contributed by atoms with Crippen LogP contribution in [0.25, 0.3) is 11.1 Å². The molecule has 2 aromatic heterocycles. The Hall–Kier alpha value is -3.00. The van der Waals surface area contributed by atoms with E-state index >= 15 is 0 Å². The second-order valence-corrected chi connectivity index (χ2v) is 5.31. The van der Waals surface area contributed by atoms with Gasteiger partial charge in [0.2, 0.25) is 0 Å². The van der Waals surface area contributed by atoms with Crippen LogP contribution < -0.4 is 0 Å². The lowest BCUT2D eigenvalue weighted by molar-refractivity contribution is 0.563. The molecule has 4 rings (SSSR count). The molecule has 23 heavy (non-hydrogen) atoms. The van der Waals surface area contributed by atoms with Crippen molar-refractivity contribution in [1.82, 2.24) is 0 Å². The lowest BCUT2D eigenvalue weighted by atomic mass is 9.83. The van der Waals surface area contributed by atoms with Crippen LogP contribution in [-0.4, -0.2) is 0 Å². The Morgan fingerprint density at radius 3 is 1.83 bits per heavy atom. The molecule has 0 saturated carbocycles. The molecule has 111 valence electrons. The molecule has 2 aromatic carbocycles. The van der Waals surface area contributed by atoms with E-state index < -0.39 is 0 Å². The number of rotatable bonds is 4. The summed E-state index contributed by atoms with van der Waals surface area (Å²) in [7, 11) is 0. The summed E-state index contributed by atoms with van der Waals surface area (Å²) in [6.45, 7) is 0. The number of furan rings is 2. The zero-order chi connectivity index (χ0) is 15.5. The molecule has 0 unspecified atom stereocenters. The van der Waals surface area contributed by atoms with Gasteiger partial charge in [-0.25, -0.2) is 0 Å². The van der Waals surface area contributed by atoms with Crippen molar-refractivity contribution in [2.24, 2.45) is 0 Å². The summed E-state index contributed by atoms with van der Waals surface area (Å²) in [5.41, 5.74) is 5.60. The van der Waals surface area contributed by atoms with Crippen LogP contribution in [-0.2, 0) is 0 Å². The predicted molar refractivity (Wildman–Crippen MR) is 89.8 cm³/mol. The Labute approximate surface area is 135 Å². The van der Waals surface area contributed by atoms with Crippen LogP contribution in [0.4, 0.5) is 0 Å². The minimum absolute atomic E-state index is 1.04. The third-order valence-electron chi connectivity index (χ3n) is 3.90. The van der Waals surface area contributed by atoms with E-state index in [4.69, 9.17) is 8.83 Å². The zero-order valence-corrected chi connectivity index (χ0v) is 12.5. The van der Waals surface area contributed by atoms with Crippen molar-refractivity contribution in [3.63, 3.8) is 0 Å². The quantitative estimate of drug-likeness (QED) is 0.493. The van der Waals surface area contributed by atoms with Crippen molar-refractivity contribution in [3.8, 4) is 11.1 Å². The molecule has 2 nitrogen and oxygen atoms in total. The monoisotopic (exact) mass is 299 g/mol. The van der Waals surface area contributed by atoms with Crippen LogP contribution >= 0.6 is 0 Å². The molecule has 0 fully saturated rings. The first kappa shape index (κ1) is 13.6. The molecule has 0 bridgehead atoms. The van der Waals surface area contributed by atoms with E-state index in [9.17, 15) is 0 Å². The second kappa shape index (κ2) is 6.01. The van der Waals surface area contributed by atoms with Gasteiger partial charge in [0.05, 0.1) is 31.0 Å². The molecule has 0 atom stereocenters. The fraction of sp³-hybridized carbons (Fsp3) is 0. The average Bonchev–Trinajstić information content (AvgIpc) is 3.31. The van der Waals surface area contributed by atoms with Gasteiger partial charge in [-0.05, 0) is 28.8 Å². The van der Waals surface area contributed by atoms with Gasteiger partial charge in [-0.15, -0.1) is 0 Å². The van der Waals surface area contributed by atoms with Crippen molar-refractivity contribution in [2.45, 2.75) is 0 Å². The molecule has 0 saturated heterocycles. The summed E-state index contributed by atoms with van der Waals surface area (Å²) < 4.78 is 10.6. The maximum atomic E-state index is 5.31. The van der Waals surface area contributed by atoms with Gasteiger partial charge in [0.1, 0.15) is 0 Å². The van der Waals surface area contributed by atoms with Gasteiger partial charge in [-0.1, -0.05) is 54.6 Å². The number of hydrogen-bond acceptors (Lipinski definition) is 2. The largest absolute Gasteiger partial charge is 0.472 e. The smallest absolute Gasteiger partial charge is 0.0947 e. The maximum absolute atomic E-state index is 5.31. The molecule has 0 N–H and O–H groups in total. The van der Waals surface area contributed by atoms with Crippen LogP contribution in [0.2, 0.25) is 0 Å². The average molecular weight is 299 g/mol. The van der Waals surface area contributed by atoms with Gasteiger partial charge < -0.3 is 8.83 Å². The first-order valence-corrected chi connectivity index (χ1v) is 7.50. The van der Waals surface area contributed by atoms with E-state index in [1.165, 1.54) is 11.1 Å². The molecular formula is C21H15O2. The van der Waals surface area contributed by atoms with Crippen LogP contribution in [0.3, 0.4) is 0 Å². The lowest BCUT2D eigenvalue weighted by Gasteiger charge is -2.18. The highest BCUT2D eigenvalue weighted by atomic mass is 16.3.